The number of carbonyl (C=O) groups excluding carboxylic acids is 1. The van der Waals surface area contributed by atoms with Crippen molar-refractivity contribution in [3.05, 3.63) is 47.5 Å². The van der Waals surface area contributed by atoms with Crippen molar-refractivity contribution in [3.63, 3.8) is 0 Å². The topological polar surface area (TPSA) is 97.0 Å². The molecule has 0 atom stereocenters. The molecule has 0 radical (unpaired) electrons. The van der Waals surface area contributed by atoms with Gasteiger partial charge >= 0.3 is 6.03 Å². The third kappa shape index (κ3) is 6.25. The zero-order valence-electron chi connectivity index (χ0n) is 17.4. The number of fused-ring (bicyclic) bond motifs is 1. The van der Waals surface area contributed by atoms with Crippen LogP contribution in [0.2, 0.25) is 5.02 Å². The number of hydrogen-bond acceptors (Lipinski definition) is 5. The molecule has 0 spiro atoms. The summed E-state index contributed by atoms with van der Waals surface area (Å²) in [5.41, 5.74) is 0.684. The first-order valence-electron chi connectivity index (χ1n) is 9.99. The Morgan fingerprint density at radius 1 is 1.10 bits per heavy atom. The highest BCUT2D eigenvalue weighted by Crippen LogP contribution is 2.35. The summed E-state index contributed by atoms with van der Waals surface area (Å²) >= 11 is 5.81. The van der Waals surface area contributed by atoms with Crippen molar-refractivity contribution >= 4 is 33.3 Å². The van der Waals surface area contributed by atoms with E-state index in [9.17, 15) is 13.2 Å². The predicted octanol–water partition coefficient (Wildman–Crippen LogP) is 3.75. The van der Waals surface area contributed by atoms with Gasteiger partial charge in [0.25, 0.3) is 0 Å². The van der Waals surface area contributed by atoms with Crippen LogP contribution in [-0.4, -0.2) is 40.4 Å². The molecule has 0 fully saturated rings. The molecule has 2 N–H and O–H groups in total. The number of carbonyl (C=O) groups is 1. The Kier molecular flexibility index (Phi) is 7.64. The first kappa shape index (κ1) is 23.2. The Morgan fingerprint density at radius 3 is 2.52 bits per heavy atom. The second-order valence-corrected chi connectivity index (χ2v) is 9.56. The second kappa shape index (κ2) is 10.2. The molecule has 31 heavy (non-hydrogen) atoms. The lowest BCUT2D eigenvalue weighted by Gasteiger charge is -2.24. The number of halogens is 1. The average molecular weight is 468 g/mol. The van der Waals surface area contributed by atoms with E-state index >= 15 is 0 Å². The van der Waals surface area contributed by atoms with Crippen molar-refractivity contribution in [2.24, 2.45) is 0 Å². The number of nitrogens with zero attached hydrogens (tertiary/aromatic N) is 1. The van der Waals surface area contributed by atoms with Crippen LogP contribution in [-0.2, 0) is 10.0 Å². The summed E-state index contributed by atoms with van der Waals surface area (Å²) in [7, 11) is -3.60. The van der Waals surface area contributed by atoms with Crippen molar-refractivity contribution < 1.29 is 22.7 Å². The maximum atomic E-state index is 12.7. The van der Waals surface area contributed by atoms with Gasteiger partial charge in [-0.15, -0.1) is 0 Å². The van der Waals surface area contributed by atoms with Gasteiger partial charge in [-0.1, -0.05) is 11.6 Å². The van der Waals surface area contributed by atoms with Gasteiger partial charge in [0, 0.05) is 35.9 Å². The zero-order chi connectivity index (χ0) is 22.4. The van der Waals surface area contributed by atoms with Gasteiger partial charge in [-0.2, -0.15) is 0 Å². The Labute approximate surface area is 187 Å². The average Bonchev–Trinajstić information content (AvgIpc) is 3.18. The van der Waals surface area contributed by atoms with E-state index < -0.39 is 10.0 Å². The van der Waals surface area contributed by atoms with Crippen LogP contribution in [0.3, 0.4) is 0 Å². The zero-order valence-corrected chi connectivity index (χ0v) is 19.0. The second-order valence-electron chi connectivity index (χ2n) is 7.35. The Bertz CT molecular complexity index is 1010. The molecule has 3 rings (SSSR count). The number of benzene rings is 2. The van der Waals surface area contributed by atoms with Gasteiger partial charge in [-0.05, 0) is 63.1 Å². The summed E-state index contributed by atoms with van der Waals surface area (Å²) in [5.74, 6) is 1.24. The lowest BCUT2D eigenvalue weighted by atomic mass is 10.2. The molecule has 0 unspecified atom stereocenters. The SMILES string of the molecule is CC(C)NC(=O)N(CCCCNS(=O)(=O)c1ccc(Cl)cc1)c1ccc2c(c1)OCO2. The fraction of sp³-hybridized carbons (Fsp3) is 0.381. The molecule has 1 heterocycles. The third-order valence-corrected chi connectivity index (χ3v) is 6.28. The highest BCUT2D eigenvalue weighted by molar-refractivity contribution is 7.89. The number of hydrogen-bond donors (Lipinski definition) is 2. The van der Waals surface area contributed by atoms with E-state index in [1.165, 1.54) is 24.3 Å². The van der Waals surface area contributed by atoms with Gasteiger partial charge in [-0.25, -0.2) is 17.9 Å². The van der Waals surface area contributed by atoms with Crippen LogP contribution in [0.5, 0.6) is 11.5 Å². The molecule has 0 aliphatic carbocycles. The smallest absolute Gasteiger partial charge is 0.322 e. The summed E-state index contributed by atoms with van der Waals surface area (Å²) in [4.78, 5) is 14.5. The van der Waals surface area contributed by atoms with Crippen molar-refractivity contribution in [1.29, 1.82) is 0 Å². The van der Waals surface area contributed by atoms with Gasteiger partial charge in [0.15, 0.2) is 11.5 Å². The minimum Gasteiger partial charge on any atom is -0.454 e. The molecule has 8 nitrogen and oxygen atoms in total. The fourth-order valence-corrected chi connectivity index (χ4v) is 4.22. The minimum atomic E-state index is -3.60. The summed E-state index contributed by atoms with van der Waals surface area (Å²) in [6.07, 6.45) is 1.16. The summed E-state index contributed by atoms with van der Waals surface area (Å²) in [6.45, 7) is 4.61. The number of sulfonamides is 1. The molecule has 1 aliphatic heterocycles. The van der Waals surface area contributed by atoms with Gasteiger partial charge in [0.1, 0.15) is 0 Å². The minimum absolute atomic E-state index is 0.0183. The number of unbranched alkanes of at least 4 members (excludes halogenated alkanes) is 1. The monoisotopic (exact) mass is 467 g/mol. The predicted molar refractivity (Wildman–Crippen MR) is 119 cm³/mol. The number of urea groups is 1. The van der Waals surface area contributed by atoms with E-state index in [1.807, 2.05) is 13.8 Å². The maximum absolute atomic E-state index is 12.7. The molecule has 0 aromatic heterocycles. The molecule has 1 aliphatic rings. The molecule has 168 valence electrons. The van der Waals surface area contributed by atoms with Crippen LogP contribution in [0.1, 0.15) is 26.7 Å². The standard InChI is InChI=1S/C21H26ClN3O5S/c1-15(2)24-21(26)25(17-7-10-19-20(13-17)30-14-29-19)12-4-3-11-23-31(27,28)18-8-5-16(22)6-9-18/h5-10,13,15,23H,3-4,11-12,14H2,1-2H3,(H,24,26). The van der Waals surface area contributed by atoms with E-state index in [0.29, 0.717) is 41.6 Å². The highest BCUT2D eigenvalue weighted by Gasteiger charge is 2.21. The summed E-state index contributed by atoms with van der Waals surface area (Å²) in [6, 6.07) is 11.1. The Balaban J connectivity index is 1.58. The normalized spacial score (nSPS) is 12.8. The molecule has 2 amide bonds. The van der Waals surface area contributed by atoms with Gasteiger partial charge in [0.05, 0.1) is 4.90 Å². The van der Waals surface area contributed by atoms with Crippen molar-refractivity contribution in [3.8, 4) is 11.5 Å². The molecular formula is C21H26ClN3O5S. The molecule has 0 saturated heterocycles. The van der Waals surface area contributed by atoms with Crippen LogP contribution < -0.4 is 24.4 Å². The van der Waals surface area contributed by atoms with E-state index in [-0.39, 0.29) is 30.3 Å². The van der Waals surface area contributed by atoms with Gasteiger partial charge in [-0.3, -0.25) is 4.90 Å². The summed E-state index contributed by atoms with van der Waals surface area (Å²) in [5, 5.41) is 3.37. The number of amides is 2. The van der Waals surface area contributed by atoms with Crippen LogP contribution in [0.15, 0.2) is 47.4 Å². The number of ether oxygens (including phenoxy) is 2. The Morgan fingerprint density at radius 2 is 1.81 bits per heavy atom. The van der Waals surface area contributed by atoms with Crippen LogP contribution in [0.25, 0.3) is 0 Å². The molecule has 2 aromatic rings. The van der Waals surface area contributed by atoms with Crippen molar-refractivity contribution in [1.82, 2.24) is 10.0 Å². The number of nitrogens with one attached hydrogen (secondary N) is 2. The lowest BCUT2D eigenvalue weighted by Crippen LogP contribution is -2.43. The highest BCUT2D eigenvalue weighted by atomic mass is 35.5. The first-order chi connectivity index (χ1) is 14.8. The van der Waals surface area contributed by atoms with E-state index in [2.05, 4.69) is 10.0 Å². The molecular weight excluding hydrogens is 442 g/mol. The first-order valence-corrected chi connectivity index (χ1v) is 11.9. The molecule has 0 bridgehead atoms. The van der Waals surface area contributed by atoms with Crippen molar-refractivity contribution in [2.45, 2.75) is 37.6 Å². The van der Waals surface area contributed by atoms with Gasteiger partial charge in [0.2, 0.25) is 16.8 Å². The molecule has 0 saturated carbocycles. The number of anilines is 1. The fourth-order valence-electron chi connectivity index (χ4n) is 3.02. The summed E-state index contributed by atoms with van der Waals surface area (Å²) < 4.78 is 38.0. The van der Waals surface area contributed by atoms with Crippen LogP contribution in [0.4, 0.5) is 10.5 Å². The van der Waals surface area contributed by atoms with E-state index in [4.69, 9.17) is 21.1 Å². The Hall–Kier alpha value is -2.49. The lowest BCUT2D eigenvalue weighted by molar-refractivity contribution is 0.174. The van der Waals surface area contributed by atoms with Crippen molar-refractivity contribution in [2.75, 3.05) is 24.8 Å². The molecule has 10 heteroatoms. The van der Waals surface area contributed by atoms with Crippen LogP contribution >= 0.6 is 11.6 Å². The third-order valence-electron chi connectivity index (χ3n) is 4.55. The number of rotatable bonds is 9. The molecule has 2 aromatic carbocycles. The largest absolute Gasteiger partial charge is 0.454 e. The van der Waals surface area contributed by atoms with E-state index in [1.54, 1.807) is 23.1 Å². The van der Waals surface area contributed by atoms with Gasteiger partial charge < -0.3 is 14.8 Å². The quantitative estimate of drug-likeness (QED) is 0.547. The van der Waals surface area contributed by atoms with Crippen LogP contribution in [0, 0.1) is 0 Å². The maximum Gasteiger partial charge on any atom is 0.322 e. The van der Waals surface area contributed by atoms with E-state index in [0.717, 1.165) is 0 Å².